The van der Waals surface area contributed by atoms with Crippen LogP contribution in [0.5, 0.6) is 0 Å². The number of hydrogen-bond acceptors (Lipinski definition) is 4. The van der Waals surface area contributed by atoms with Crippen LogP contribution in [0.3, 0.4) is 0 Å². The van der Waals surface area contributed by atoms with Gasteiger partial charge in [0.05, 0.1) is 6.54 Å². The third-order valence-corrected chi connectivity index (χ3v) is 2.72. The molecule has 17 heavy (non-hydrogen) atoms. The number of rotatable bonds is 7. The van der Waals surface area contributed by atoms with E-state index in [-0.39, 0.29) is 5.91 Å². The molecule has 1 heterocycles. The average molecular weight is 239 g/mol. The van der Waals surface area contributed by atoms with Gasteiger partial charge >= 0.3 is 0 Å². The topological polar surface area (TPSA) is 63.1 Å². The largest absolute Gasteiger partial charge is 0.343 e. The molecule has 96 valence electrons. The molecule has 1 amide bonds. The minimum Gasteiger partial charge on any atom is -0.343 e. The fraction of sp³-hybridized carbons (Fsp3) is 0.727. The zero-order valence-corrected chi connectivity index (χ0v) is 10.8. The van der Waals surface area contributed by atoms with Gasteiger partial charge in [0.25, 0.3) is 0 Å². The molecule has 1 aromatic heterocycles. The Morgan fingerprint density at radius 3 is 2.71 bits per heavy atom. The Kier molecular flexibility index (Phi) is 5.62. The molecule has 1 N–H and O–H groups in total. The number of amides is 1. The first-order chi connectivity index (χ1) is 8.19. The molecule has 0 radical (unpaired) electrons. The van der Waals surface area contributed by atoms with Crippen molar-refractivity contribution < 1.29 is 4.79 Å². The summed E-state index contributed by atoms with van der Waals surface area (Å²) in [7, 11) is 1.90. The van der Waals surface area contributed by atoms with E-state index in [9.17, 15) is 4.79 Å². The summed E-state index contributed by atoms with van der Waals surface area (Å²) in [4.78, 5) is 13.5. The van der Waals surface area contributed by atoms with Crippen LogP contribution >= 0.6 is 0 Å². The highest BCUT2D eigenvalue weighted by molar-refractivity contribution is 5.76. The van der Waals surface area contributed by atoms with Crippen LogP contribution in [0.2, 0.25) is 0 Å². The highest BCUT2D eigenvalue weighted by atomic mass is 16.2. The van der Waals surface area contributed by atoms with E-state index in [2.05, 4.69) is 15.5 Å². The van der Waals surface area contributed by atoms with Crippen molar-refractivity contribution in [3.63, 3.8) is 0 Å². The lowest BCUT2D eigenvalue weighted by atomic mass is 10.3. The highest BCUT2D eigenvalue weighted by Gasteiger charge is 2.08. The summed E-state index contributed by atoms with van der Waals surface area (Å²) in [6, 6.07) is 0. The molecule has 0 aliphatic heterocycles. The number of hydrogen-bond donors (Lipinski definition) is 1. The summed E-state index contributed by atoms with van der Waals surface area (Å²) < 4.78 is 1.86. The van der Waals surface area contributed by atoms with Crippen LogP contribution < -0.4 is 5.32 Å². The van der Waals surface area contributed by atoms with Crippen molar-refractivity contribution in [2.75, 3.05) is 19.6 Å². The van der Waals surface area contributed by atoms with Crippen LogP contribution in [-0.4, -0.2) is 45.2 Å². The molecule has 0 aliphatic carbocycles. The van der Waals surface area contributed by atoms with Gasteiger partial charge in [-0.15, -0.1) is 10.2 Å². The molecule has 1 rings (SSSR count). The van der Waals surface area contributed by atoms with Crippen molar-refractivity contribution in [3.05, 3.63) is 12.2 Å². The zero-order valence-electron chi connectivity index (χ0n) is 10.8. The lowest BCUT2D eigenvalue weighted by molar-refractivity contribution is -0.130. The Balaban J connectivity index is 2.20. The van der Waals surface area contributed by atoms with Crippen LogP contribution in [0.4, 0.5) is 0 Å². The average Bonchev–Trinajstić information content (AvgIpc) is 2.72. The Bertz CT molecular complexity index is 345. The summed E-state index contributed by atoms with van der Waals surface area (Å²) in [5, 5.41) is 10.9. The second-order valence-corrected chi connectivity index (χ2v) is 3.85. The monoisotopic (exact) mass is 239 g/mol. The smallest absolute Gasteiger partial charge is 0.223 e. The van der Waals surface area contributed by atoms with Gasteiger partial charge in [0, 0.05) is 33.1 Å². The first-order valence-electron chi connectivity index (χ1n) is 6.00. The Labute approximate surface area is 102 Å². The molecule has 0 atom stereocenters. The molecule has 0 bridgehead atoms. The molecular formula is C11H21N5O. The van der Waals surface area contributed by atoms with Gasteiger partial charge in [0.2, 0.25) is 5.91 Å². The Morgan fingerprint density at radius 1 is 1.47 bits per heavy atom. The van der Waals surface area contributed by atoms with E-state index < -0.39 is 0 Å². The Morgan fingerprint density at radius 2 is 2.18 bits per heavy atom. The van der Waals surface area contributed by atoms with Crippen LogP contribution in [0.15, 0.2) is 6.33 Å². The molecule has 0 saturated heterocycles. The summed E-state index contributed by atoms with van der Waals surface area (Å²) >= 11 is 0. The number of carbonyl (C=O) groups excluding carboxylic acids is 1. The van der Waals surface area contributed by atoms with Gasteiger partial charge in [-0.25, -0.2) is 0 Å². The molecule has 0 fully saturated rings. The molecule has 0 unspecified atom stereocenters. The summed E-state index contributed by atoms with van der Waals surface area (Å²) in [6.07, 6.45) is 2.19. The van der Waals surface area contributed by atoms with Gasteiger partial charge in [0.1, 0.15) is 12.2 Å². The fourth-order valence-electron chi connectivity index (χ4n) is 1.60. The predicted octanol–water partition coefficient (Wildman–Crippen LogP) is 0.163. The second kappa shape index (κ2) is 7.01. The van der Waals surface area contributed by atoms with E-state index in [0.29, 0.717) is 19.5 Å². The maximum absolute atomic E-state index is 11.7. The van der Waals surface area contributed by atoms with Gasteiger partial charge in [0.15, 0.2) is 0 Å². The predicted molar refractivity (Wildman–Crippen MR) is 65.3 cm³/mol. The van der Waals surface area contributed by atoms with Gasteiger partial charge in [-0.3, -0.25) is 4.79 Å². The van der Waals surface area contributed by atoms with Crippen LogP contribution in [0, 0.1) is 0 Å². The second-order valence-electron chi connectivity index (χ2n) is 3.85. The minimum absolute atomic E-state index is 0.195. The minimum atomic E-state index is 0.195. The molecule has 0 saturated carbocycles. The SMILES string of the molecule is CCN(CC)C(=O)CCNCc1nncn1C. The number of aryl methyl sites for hydroxylation is 1. The normalized spacial score (nSPS) is 10.5. The zero-order chi connectivity index (χ0) is 12.7. The van der Waals surface area contributed by atoms with E-state index in [1.165, 1.54) is 0 Å². The molecule has 0 aliphatic rings. The number of carbonyl (C=O) groups is 1. The first kappa shape index (κ1) is 13.6. The standard InChI is InChI=1S/C11H21N5O/c1-4-16(5-2)11(17)6-7-12-8-10-14-13-9-15(10)3/h9,12H,4-8H2,1-3H3. The number of nitrogens with one attached hydrogen (secondary N) is 1. The van der Waals surface area contributed by atoms with Crippen molar-refractivity contribution in [1.29, 1.82) is 0 Å². The number of nitrogens with zero attached hydrogens (tertiary/aromatic N) is 4. The van der Waals surface area contributed by atoms with Gasteiger partial charge in [-0.1, -0.05) is 0 Å². The van der Waals surface area contributed by atoms with Gasteiger partial charge in [-0.05, 0) is 13.8 Å². The third-order valence-electron chi connectivity index (χ3n) is 2.72. The van der Waals surface area contributed by atoms with E-state index >= 15 is 0 Å². The van der Waals surface area contributed by atoms with Crippen molar-refractivity contribution in [2.24, 2.45) is 7.05 Å². The van der Waals surface area contributed by atoms with Crippen LogP contribution in [0.25, 0.3) is 0 Å². The van der Waals surface area contributed by atoms with Gasteiger partial charge in [-0.2, -0.15) is 0 Å². The van der Waals surface area contributed by atoms with Crippen molar-refractivity contribution >= 4 is 5.91 Å². The van der Waals surface area contributed by atoms with Crippen LogP contribution in [0.1, 0.15) is 26.1 Å². The van der Waals surface area contributed by atoms with Crippen LogP contribution in [-0.2, 0) is 18.4 Å². The van der Waals surface area contributed by atoms with Crippen molar-refractivity contribution in [3.8, 4) is 0 Å². The maximum Gasteiger partial charge on any atom is 0.223 e. The lowest BCUT2D eigenvalue weighted by Gasteiger charge is -2.18. The molecule has 0 aromatic carbocycles. The van der Waals surface area contributed by atoms with E-state index in [0.717, 1.165) is 18.9 Å². The third kappa shape index (κ3) is 4.14. The summed E-state index contributed by atoms with van der Waals surface area (Å²) in [6.45, 7) is 6.85. The molecule has 6 heteroatoms. The maximum atomic E-state index is 11.7. The van der Waals surface area contributed by atoms with E-state index in [4.69, 9.17) is 0 Å². The molecule has 0 spiro atoms. The lowest BCUT2D eigenvalue weighted by Crippen LogP contribution is -2.32. The highest BCUT2D eigenvalue weighted by Crippen LogP contribution is 1.94. The first-order valence-corrected chi connectivity index (χ1v) is 6.00. The Hall–Kier alpha value is -1.43. The van der Waals surface area contributed by atoms with Crippen molar-refractivity contribution in [1.82, 2.24) is 25.0 Å². The molecule has 1 aromatic rings. The summed E-state index contributed by atoms with van der Waals surface area (Å²) in [5.74, 6) is 1.07. The van der Waals surface area contributed by atoms with E-state index in [1.54, 1.807) is 6.33 Å². The quantitative estimate of drug-likeness (QED) is 0.689. The summed E-state index contributed by atoms with van der Waals surface area (Å²) in [5.41, 5.74) is 0. The van der Waals surface area contributed by atoms with Crippen molar-refractivity contribution in [2.45, 2.75) is 26.8 Å². The van der Waals surface area contributed by atoms with Gasteiger partial charge < -0.3 is 14.8 Å². The van der Waals surface area contributed by atoms with E-state index in [1.807, 2.05) is 30.4 Å². The fourth-order valence-corrected chi connectivity index (χ4v) is 1.60. The number of aromatic nitrogens is 3. The molecule has 6 nitrogen and oxygen atoms in total. The molecular weight excluding hydrogens is 218 g/mol.